The molecule has 0 aliphatic carbocycles. The van der Waals surface area contributed by atoms with Crippen LogP contribution >= 0.6 is 0 Å². The Bertz CT molecular complexity index is 341. The van der Waals surface area contributed by atoms with Gasteiger partial charge in [0.1, 0.15) is 5.84 Å². The second-order valence-corrected chi connectivity index (χ2v) is 4.53. The zero-order valence-corrected chi connectivity index (χ0v) is 10.6. The Morgan fingerprint density at radius 1 is 1.41 bits per heavy atom. The molecule has 4 nitrogen and oxygen atoms in total. The fourth-order valence-electron chi connectivity index (χ4n) is 2.07. The summed E-state index contributed by atoms with van der Waals surface area (Å²) in [6.07, 6.45) is 7.45. The molecule has 0 aromatic heterocycles. The quantitative estimate of drug-likeness (QED) is 0.746. The number of hydrogen-bond donors (Lipinski definition) is 1. The maximum Gasteiger partial charge on any atom is 0.211 e. The van der Waals surface area contributed by atoms with Crippen LogP contribution in [-0.4, -0.2) is 44.0 Å². The molecule has 2 aliphatic heterocycles. The number of nitrogens with zero attached hydrogens (tertiary/aromatic N) is 2. The van der Waals surface area contributed by atoms with E-state index < -0.39 is 0 Å². The molecule has 0 aromatic carbocycles. The average molecular weight is 235 g/mol. The Balaban J connectivity index is 2.18. The van der Waals surface area contributed by atoms with Crippen molar-refractivity contribution in [3.63, 3.8) is 0 Å². The van der Waals surface area contributed by atoms with Gasteiger partial charge in [0.05, 0.1) is 7.11 Å². The van der Waals surface area contributed by atoms with Crippen LogP contribution < -0.4 is 5.32 Å². The largest absolute Gasteiger partial charge is 0.481 e. The molecule has 4 heteroatoms. The molecule has 0 aromatic rings. The number of nitrogens with one attached hydrogen (secondary N) is 1. The van der Waals surface area contributed by atoms with E-state index in [2.05, 4.69) is 40.4 Å². The van der Waals surface area contributed by atoms with E-state index in [9.17, 15) is 0 Å². The maximum atomic E-state index is 5.32. The summed E-state index contributed by atoms with van der Waals surface area (Å²) in [5.41, 5.74) is 0. The van der Waals surface area contributed by atoms with Crippen LogP contribution in [0.2, 0.25) is 0 Å². The Morgan fingerprint density at radius 3 is 2.88 bits per heavy atom. The Labute approximate surface area is 103 Å². The summed E-state index contributed by atoms with van der Waals surface area (Å²) in [5.74, 6) is 2.23. The minimum atomic E-state index is 0.481. The lowest BCUT2D eigenvalue weighted by atomic mass is 10.1. The van der Waals surface area contributed by atoms with E-state index >= 15 is 0 Å². The molecule has 0 saturated carbocycles. The topological polar surface area (TPSA) is 36.9 Å². The summed E-state index contributed by atoms with van der Waals surface area (Å²) in [7, 11) is 1.68. The van der Waals surface area contributed by atoms with Crippen LogP contribution in [-0.2, 0) is 4.74 Å². The molecule has 1 fully saturated rings. The van der Waals surface area contributed by atoms with Crippen molar-refractivity contribution in [2.75, 3.05) is 33.3 Å². The number of ether oxygens (including phenoxy) is 1. The highest BCUT2D eigenvalue weighted by Crippen LogP contribution is 2.14. The van der Waals surface area contributed by atoms with E-state index in [-0.39, 0.29) is 0 Å². The summed E-state index contributed by atoms with van der Waals surface area (Å²) in [6.45, 7) is 6.24. The van der Waals surface area contributed by atoms with E-state index in [0.717, 1.165) is 44.3 Å². The van der Waals surface area contributed by atoms with Gasteiger partial charge in [0.25, 0.3) is 0 Å². The second kappa shape index (κ2) is 5.87. The van der Waals surface area contributed by atoms with Gasteiger partial charge in [-0.15, -0.1) is 0 Å². The minimum Gasteiger partial charge on any atom is -0.481 e. The third-order valence-corrected chi connectivity index (χ3v) is 3.08. The average Bonchev–Trinajstić information content (AvgIpc) is 2.34. The van der Waals surface area contributed by atoms with Crippen LogP contribution in [0, 0.1) is 5.92 Å². The molecular formula is C13H21N3O. The molecule has 94 valence electrons. The first kappa shape index (κ1) is 12.2. The van der Waals surface area contributed by atoms with Crippen molar-refractivity contribution < 1.29 is 4.74 Å². The van der Waals surface area contributed by atoms with Crippen LogP contribution in [0.1, 0.15) is 13.3 Å². The number of piperazine rings is 1. The van der Waals surface area contributed by atoms with Crippen molar-refractivity contribution in [2.45, 2.75) is 13.3 Å². The first-order chi connectivity index (χ1) is 8.29. The Morgan fingerprint density at radius 2 is 2.18 bits per heavy atom. The van der Waals surface area contributed by atoms with Gasteiger partial charge in [-0.2, -0.15) is 4.99 Å². The highest BCUT2D eigenvalue weighted by atomic mass is 16.5. The van der Waals surface area contributed by atoms with E-state index in [0.29, 0.717) is 5.92 Å². The summed E-state index contributed by atoms with van der Waals surface area (Å²) >= 11 is 0. The normalized spacial score (nSPS) is 25.8. The lowest BCUT2D eigenvalue weighted by Gasteiger charge is -2.29. The molecule has 1 unspecified atom stereocenters. The number of amidine groups is 1. The molecule has 0 bridgehead atoms. The van der Waals surface area contributed by atoms with Gasteiger partial charge < -0.3 is 15.0 Å². The highest BCUT2D eigenvalue weighted by molar-refractivity contribution is 5.93. The van der Waals surface area contributed by atoms with Crippen LogP contribution in [0.25, 0.3) is 0 Å². The SMILES string of the molecule is COC1=CC(C)CC=CC(N2CCNCC2)=N1. The predicted molar refractivity (Wildman–Crippen MR) is 69.9 cm³/mol. The van der Waals surface area contributed by atoms with Crippen LogP contribution in [0.15, 0.2) is 29.1 Å². The molecule has 0 spiro atoms. The van der Waals surface area contributed by atoms with Gasteiger partial charge in [-0.05, 0) is 24.5 Å². The molecule has 17 heavy (non-hydrogen) atoms. The third kappa shape index (κ3) is 3.33. The molecule has 1 atom stereocenters. The van der Waals surface area contributed by atoms with Gasteiger partial charge >= 0.3 is 0 Å². The van der Waals surface area contributed by atoms with Crippen LogP contribution in [0.3, 0.4) is 0 Å². The molecule has 1 N–H and O–H groups in total. The lowest BCUT2D eigenvalue weighted by molar-refractivity contribution is 0.280. The van der Waals surface area contributed by atoms with Gasteiger partial charge in [-0.25, -0.2) is 0 Å². The maximum absolute atomic E-state index is 5.32. The van der Waals surface area contributed by atoms with Crippen molar-refractivity contribution in [3.05, 3.63) is 24.1 Å². The summed E-state index contributed by atoms with van der Waals surface area (Å²) < 4.78 is 5.32. The number of rotatable bonds is 1. The Hall–Kier alpha value is -1.29. The lowest BCUT2D eigenvalue weighted by Crippen LogP contribution is -2.46. The number of methoxy groups -OCH3 is 1. The minimum absolute atomic E-state index is 0.481. The van der Waals surface area contributed by atoms with Crippen molar-refractivity contribution in [1.82, 2.24) is 10.2 Å². The summed E-state index contributed by atoms with van der Waals surface area (Å²) in [6, 6.07) is 0. The van der Waals surface area contributed by atoms with E-state index in [1.807, 2.05) is 0 Å². The number of hydrogen-bond acceptors (Lipinski definition) is 4. The molecular weight excluding hydrogens is 214 g/mol. The number of allylic oxidation sites excluding steroid dienone is 2. The zero-order chi connectivity index (χ0) is 12.1. The van der Waals surface area contributed by atoms with Crippen molar-refractivity contribution in [1.29, 1.82) is 0 Å². The van der Waals surface area contributed by atoms with E-state index in [1.165, 1.54) is 0 Å². The summed E-state index contributed by atoms with van der Waals surface area (Å²) in [5, 5.41) is 3.35. The molecule has 0 radical (unpaired) electrons. The standard InChI is InChI=1S/C13H21N3O/c1-11-4-3-5-12(15-13(10-11)17-2)16-8-6-14-7-9-16/h3,5,10-11,14H,4,6-9H2,1-2H3. The smallest absolute Gasteiger partial charge is 0.211 e. The molecule has 2 heterocycles. The monoisotopic (exact) mass is 235 g/mol. The van der Waals surface area contributed by atoms with Gasteiger partial charge in [0.2, 0.25) is 5.88 Å². The van der Waals surface area contributed by atoms with Crippen LogP contribution in [0.5, 0.6) is 0 Å². The fraction of sp³-hybridized carbons (Fsp3) is 0.615. The van der Waals surface area contributed by atoms with E-state index in [4.69, 9.17) is 4.74 Å². The zero-order valence-electron chi connectivity index (χ0n) is 10.6. The van der Waals surface area contributed by atoms with Gasteiger partial charge in [-0.3, -0.25) is 0 Å². The molecule has 2 aliphatic rings. The van der Waals surface area contributed by atoms with Gasteiger partial charge in [0.15, 0.2) is 0 Å². The first-order valence-electron chi connectivity index (χ1n) is 6.26. The Kier molecular flexibility index (Phi) is 4.20. The fourth-order valence-corrected chi connectivity index (χ4v) is 2.07. The third-order valence-electron chi connectivity index (χ3n) is 3.08. The van der Waals surface area contributed by atoms with Crippen LogP contribution in [0.4, 0.5) is 0 Å². The van der Waals surface area contributed by atoms with Crippen molar-refractivity contribution in [3.8, 4) is 0 Å². The van der Waals surface area contributed by atoms with Gasteiger partial charge in [0, 0.05) is 26.2 Å². The first-order valence-corrected chi connectivity index (χ1v) is 6.26. The molecule has 0 amide bonds. The second-order valence-electron chi connectivity index (χ2n) is 4.53. The van der Waals surface area contributed by atoms with Crippen molar-refractivity contribution in [2.24, 2.45) is 10.9 Å². The van der Waals surface area contributed by atoms with Crippen molar-refractivity contribution >= 4 is 5.84 Å². The summed E-state index contributed by atoms with van der Waals surface area (Å²) in [4.78, 5) is 6.90. The van der Waals surface area contributed by atoms with E-state index in [1.54, 1.807) is 7.11 Å². The highest BCUT2D eigenvalue weighted by Gasteiger charge is 2.14. The van der Waals surface area contributed by atoms with Gasteiger partial charge in [-0.1, -0.05) is 13.0 Å². The predicted octanol–water partition coefficient (Wildman–Crippen LogP) is 1.37. The number of aliphatic imine (C=N–C) groups is 1. The molecule has 1 saturated heterocycles. The molecule has 2 rings (SSSR count).